The van der Waals surface area contributed by atoms with Crippen molar-refractivity contribution in [3.8, 4) is 17.2 Å². The molecule has 0 bridgehead atoms. The zero-order valence-electron chi connectivity index (χ0n) is 48.0. The summed E-state index contributed by atoms with van der Waals surface area (Å²) in [4.78, 5) is 13.2. The van der Waals surface area contributed by atoms with Gasteiger partial charge in [0, 0.05) is 28.7 Å². The van der Waals surface area contributed by atoms with Crippen LogP contribution in [0.15, 0.2) is 48.5 Å². The van der Waals surface area contributed by atoms with Gasteiger partial charge in [-0.3, -0.25) is 4.79 Å². The average Bonchev–Trinajstić information content (AvgIpc) is 3.22. The van der Waals surface area contributed by atoms with Crippen molar-refractivity contribution in [2.24, 2.45) is 0 Å². The molecule has 0 aliphatic heterocycles. The van der Waals surface area contributed by atoms with E-state index < -0.39 is 8.60 Å². The van der Waals surface area contributed by atoms with Crippen molar-refractivity contribution in [2.45, 2.75) is 280 Å². The zero-order valence-corrected chi connectivity index (χ0v) is 48.9. The summed E-state index contributed by atoms with van der Waals surface area (Å²) in [6.07, 6.45) is 22.1. The van der Waals surface area contributed by atoms with Gasteiger partial charge in [0.2, 0.25) is 0 Å². The van der Waals surface area contributed by atoms with Gasteiger partial charge in [-0.2, -0.15) is 0 Å². The zero-order chi connectivity index (χ0) is 51.8. The van der Waals surface area contributed by atoms with E-state index in [1.54, 1.807) is 0 Å². The van der Waals surface area contributed by atoms with Crippen LogP contribution in [0.25, 0.3) is 0 Å². The first-order chi connectivity index (χ1) is 31.9. The van der Waals surface area contributed by atoms with Crippen LogP contribution < -0.4 is 13.6 Å². The minimum atomic E-state index is -2.04. The molecule has 0 amide bonds. The first-order valence-electron chi connectivity index (χ1n) is 27.4. The smallest absolute Gasteiger partial charge is 0.466 e. The highest BCUT2D eigenvalue weighted by atomic mass is 31.2. The van der Waals surface area contributed by atoms with Crippen LogP contribution in [0.2, 0.25) is 0 Å². The van der Waals surface area contributed by atoms with Crippen molar-refractivity contribution in [3.63, 3.8) is 0 Å². The van der Waals surface area contributed by atoms with Crippen molar-refractivity contribution >= 4 is 14.6 Å². The molecule has 3 aromatic rings. The minimum absolute atomic E-state index is 0.0281. The molecule has 69 heavy (non-hydrogen) atoms. The molecular formula is C63H103O5P. The molecule has 3 rings (SSSR count). The lowest BCUT2D eigenvalue weighted by molar-refractivity contribution is -0.143. The third kappa shape index (κ3) is 20.9. The quantitative estimate of drug-likeness (QED) is 0.0456. The van der Waals surface area contributed by atoms with E-state index in [-0.39, 0.29) is 38.5 Å². The molecule has 0 saturated carbocycles. The molecule has 0 atom stereocenters. The van der Waals surface area contributed by atoms with Crippen molar-refractivity contribution in [3.05, 3.63) is 87.5 Å². The van der Waals surface area contributed by atoms with Crippen LogP contribution in [0.3, 0.4) is 0 Å². The molecule has 390 valence electrons. The molecule has 5 nitrogen and oxygen atoms in total. The van der Waals surface area contributed by atoms with Crippen molar-refractivity contribution < 1.29 is 23.1 Å². The van der Waals surface area contributed by atoms with Crippen molar-refractivity contribution in [1.82, 2.24) is 0 Å². The Morgan fingerprint density at radius 2 is 0.768 bits per heavy atom. The Labute approximate surface area is 426 Å². The summed E-state index contributed by atoms with van der Waals surface area (Å²) in [5, 5.41) is 0. The van der Waals surface area contributed by atoms with E-state index in [0.29, 0.717) is 19.4 Å². The Morgan fingerprint density at radius 1 is 0.420 bits per heavy atom. The van der Waals surface area contributed by atoms with Crippen molar-refractivity contribution in [1.29, 1.82) is 0 Å². The van der Waals surface area contributed by atoms with Gasteiger partial charge < -0.3 is 18.3 Å². The standard InChI is InChI=1S/C63H103O5P/c1-20-21-22-23-24-25-26-27-28-29-30-31-32-33-34-35-42-65-56(64)41-36-47-43-52(62(14,15)16)57(53(44-47)63(17,18)19)68-69(66-54-39-37-48(58(2,3)4)45-50(54)60(8,9)10)67-55-40-38-49(59(5,6)7)46-51(55)61(11,12)13/h37-40,43-46H,20-36,41-42H2,1-19H3. The molecular weight excluding hydrogens is 868 g/mol. The molecule has 0 spiro atoms. The van der Waals surface area contributed by atoms with Gasteiger partial charge in [0.25, 0.3) is 0 Å². The number of aryl methyl sites for hydroxylation is 1. The largest absolute Gasteiger partial charge is 0.530 e. The summed E-state index contributed by atoms with van der Waals surface area (Å²) in [7, 11) is -2.04. The van der Waals surface area contributed by atoms with Crippen LogP contribution in [0, 0.1) is 0 Å². The predicted molar refractivity (Wildman–Crippen MR) is 299 cm³/mol. The third-order valence-corrected chi connectivity index (χ3v) is 14.5. The van der Waals surface area contributed by atoms with E-state index in [9.17, 15) is 4.79 Å². The molecule has 0 radical (unpaired) electrons. The summed E-state index contributed by atoms with van der Waals surface area (Å²) in [6, 6.07) is 17.6. The monoisotopic (exact) mass is 971 g/mol. The maximum atomic E-state index is 13.2. The fourth-order valence-corrected chi connectivity index (χ4v) is 9.91. The lowest BCUT2D eigenvalue weighted by atomic mass is 9.78. The van der Waals surface area contributed by atoms with Crippen LogP contribution in [-0.2, 0) is 48.4 Å². The average molecular weight is 971 g/mol. The van der Waals surface area contributed by atoms with Crippen LogP contribution in [0.4, 0.5) is 0 Å². The Bertz CT molecular complexity index is 1890. The predicted octanol–water partition coefficient (Wildman–Crippen LogP) is 20.0. The molecule has 6 heteroatoms. The molecule has 0 N–H and O–H groups in total. The molecule has 0 aliphatic rings. The fraction of sp³-hybridized carbons (Fsp3) is 0.698. The Balaban J connectivity index is 1.83. The van der Waals surface area contributed by atoms with E-state index in [4.69, 9.17) is 18.3 Å². The Hall–Kier alpha value is -3.04. The van der Waals surface area contributed by atoms with Crippen LogP contribution in [0.5, 0.6) is 17.2 Å². The number of ether oxygens (including phenoxy) is 1. The highest BCUT2D eigenvalue weighted by Crippen LogP contribution is 2.52. The lowest BCUT2D eigenvalue weighted by Gasteiger charge is -2.33. The molecule has 3 aromatic carbocycles. The maximum Gasteiger partial charge on any atom is 0.530 e. The van der Waals surface area contributed by atoms with Gasteiger partial charge in [0.05, 0.1) is 6.61 Å². The van der Waals surface area contributed by atoms with E-state index in [2.05, 4.69) is 180 Å². The van der Waals surface area contributed by atoms with E-state index in [0.717, 1.165) is 57.9 Å². The third-order valence-electron chi connectivity index (χ3n) is 13.5. The van der Waals surface area contributed by atoms with Gasteiger partial charge in [0.15, 0.2) is 0 Å². The molecule has 0 fully saturated rings. The van der Waals surface area contributed by atoms with Gasteiger partial charge in [0.1, 0.15) is 17.2 Å². The van der Waals surface area contributed by atoms with Gasteiger partial charge >= 0.3 is 14.6 Å². The number of carbonyl (C=O) groups excluding carboxylic acids is 1. The van der Waals surface area contributed by atoms with Gasteiger partial charge in [-0.05, 0) is 74.2 Å². The number of unbranched alkanes of at least 4 members (excludes halogenated alkanes) is 15. The van der Waals surface area contributed by atoms with Crippen LogP contribution in [0.1, 0.15) is 280 Å². The highest BCUT2D eigenvalue weighted by molar-refractivity contribution is 7.43. The Morgan fingerprint density at radius 3 is 1.10 bits per heavy atom. The van der Waals surface area contributed by atoms with E-state index >= 15 is 0 Å². The van der Waals surface area contributed by atoms with Gasteiger partial charge in [-0.1, -0.05) is 264 Å². The molecule has 0 saturated heterocycles. The first-order valence-corrected chi connectivity index (χ1v) is 28.5. The second-order valence-corrected chi connectivity index (χ2v) is 27.5. The van der Waals surface area contributed by atoms with Crippen molar-refractivity contribution in [2.75, 3.05) is 6.61 Å². The summed E-state index contributed by atoms with van der Waals surface area (Å²) in [6.45, 7) is 43.1. The van der Waals surface area contributed by atoms with E-state index in [1.165, 1.54) is 101 Å². The topological polar surface area (TPSA) is 54.0 Å². The summed E-state index contributed by atoms with van der Waals surface area (Å²) >= 11 is 0. The number of benzene rings is 3. The lowest BCUT2D eigenvalue weighted by Crippen LogP contribution is -2.22. The number of hydrogen-bond donors (Lipinski definition) is 0. The fourth-order valence-electron chi connectivity index (χ4n) is 8.82. The van der Waals surface area contributed by atoms with Crippen LogP contribution >= 0.6 is 8.60 Å². The number of carbonyl (C=O) groups is 1. The second kappa shape index (κ2) is 26.6. The SMILES string of the molecule is CCCCCCCCCCCCCCCCCCOC(=O)CCc1cc(C(C)(C)C)c(OP(Oc2ccc(C(C)(C)C)cc2C(C)(C)C)Oc2ccc(C(C)(C)C)cc2C(C)(C)C)c(C(C)(C)C)c1. The molecule has 0 aliphatic carbocycles. The highest BCUT2D eigenvalue weighted by Gasteiger charge is 2.35. The number of hydrogen-bond acceptors (Lipinski definition) is 5. The van der Waals surface area contributed by atoms with E-state index in [1.807, 2.05) is 0 Å². The number of rotatable bonds is 26. The number of esters is 1. The summed E-state index contributed by atoms with van der Waals surface area (Å²) in [5.74, 6) is 2.17. The summed E-state index contributed by atoms with van der Waals surface area (Å²) in [5.41, 5.74) is 6.89. The van der Waals surface area contributed by atoms with Crippen LogP contribution in [-0.4, -0.2) is 12.6 Å². The molecule has 0 unspecified atom stereocenters. The second-order valence-electron chi connectivity index (χ2n) is 26.5. The minimum Gasteiger partial charge on any atom is -0.466 e. The normalized spacial score (nSPS) is 13.0. The van der Waals surface area contributed by atoms with Gasteiger partial charge in [-0.25, -0.2) is 0 Å². The molecule has 0 aromatic heterocycles. The Kier molecular flexibility index (Phi) is 23.2. The first kappa shape index (κ1) is 60.3. The molecule has 0 heterocycles. The van der Waals surface area contributed by atoms with Gasteiger partial charge in [-0.15, -0.1) is 0 Å². The summed E-state index contributed by atoms with van der Waals surface area (Å²) < 4.78 is 27.4. The maximum absolute atomic E-state index is 13.2.